The van der Waals surface area contributed by atoms with Gasteiger partial charge in [-0.3, -0.25) is 0 Å². The summed E-state index contributed by atoms with van der Waals surface area (Å²) < 4.78 is 13.6. The van der Waals surface area contributed by atoms with Crippen LogP contribution in [0.15, 0.2) is 12.2 Å². The summed E-state index contributed by atoms with van der Waals surface area (Å²) in [7, 11) is 0. The second kappa shape index (κ2) is 30.4. The Kier molecular flexibility index (Phi) is 30.8. The molecule has 0 aromatic heterocycles. The quantitative estimate of drug-likeness (QED) is 0.0302. The van der Waals surface area contributed by atoms with Crippen LogP contribution in [-0.2, 0) is 9.47 Å². The molecule has 0 aliphatic heterocycles. The maximum atomic E-state index is 6.18. The number of ether oxygens (including phenoxy) is 2. The van der Waals surface area contributed by atoms with Crippen molar-refractivity contribution in [2.45, 2.75) is 161 Å². The fourth-order valence-electron chi connectivity index (χ4n) is 4.16. The molecule has 198 valence electrons. The van der Waals surface area contributed by atoms with E-state index in [1.165, 1.54) is 139 Å². The molecule has 0 spiro atoms. The molecular formula is C30H59IO2. The van der Waals surface area contributed by atoms with Gasteiger partial charge in [-0.05, 0) is 44.9 Å². The van der Waals surface area contributed by atoms with Crippen molar-refractivity contribution in [2.24, 2.45) is 0 Å². The van der Waals surface area contributed by atoms with Gasteiger partial charge in [0.2, 0.25) is 0 Å². The van der Waals surface area contributed by atoms with Crippen molar-refractivity contribution in [1.82, 2.24) is 0 Å². The summed E-state index contributed by atoms with van der Waals surface area (Å²) in [5.74, 6) is 0. The molecule has 0 heterocycles. The minimum absolute atomic E-state index is 0.0291. The lowest BCUT2D eigenvalue weighted by molar-refractivity contribution is -0.148. The lowest BCUT2D eigenvalue weighted by Gasteiger charge is -2.19. The van der Waals surface area contributed by atoms with Gasteiger partial charge in [0.1, 0.15) is 0 Å². The van der Waals surface area contributed by atoms with E-state index in [4.69, 9.17) is 9.47 Å². The van der Waals surface area contributed by atoms with Gasteiger partial charge in [-0.1, -0.05) is 145 Å². The normalized spacial score (nSPS) is 11.9. The highest BCUT2D eigenvalue weighted by Gasteiger charge is 2.09. The van der Waals surface area contributed by atoms with E-state index in [1.807, 2.05) is 0 Å². The smallest absolute Gasteiger partial charge is 0.157 e. The Morgan fingerprint density at radius 2 is 0.939 bits per heavy atom. The minimum atomic E-state index is 0.0291. The second-order valence-electron chi connectivity index (χ2n) is 9.71. The van der Waals surface area contributed by atoms with Gasteiger partial charge in [0.25, 0.3) is 0 Å². The molecule has 0 aromatic rings. The molecule has 0 rings (SSSR count). The van der Waals surface area contributed by atoms with Crippen molar-refractivity contribution in [2.75, 3.05) is 17.6 Å². The maximum absolute atomic E-state index is 6.18. The van der Waals surface area contributed by atoms with Crippen LogP contribution in [0.2, 0.25) is 0 Å². The highest BCUT2D eigenvalue weighted by Crippen LogP contribution is 2.15. The van der Waals surface area contributed by atoms with Gasteiger partial charge in [-0.2, -0.15) is 0 Å². The van der Waals surface area contributed by atoms with E-state index in [0.29, 0.717) is 0 Å². The van der Waals surface area contributed by atoms with E-state index >= 15 is 0 Å². The predicted molar refractivity (Wildman–Crippen MR) is 157 cm³/mol. The topological polar surface area (TPSA) is 18.5 Å². The minimum Gasteiger partial charge on any atom is -0.353 e. The first-order valence-electron chi connectivity index (χ1n) is 14.8. The summed E-state index contributed by atoms with van der Waals surface area (Å²) in [5, 5.41) is 0. The van der Waals surface area contributed by atoms with Crippen molar-refractivity contribution in [3.05, 3.63) is 12.2 Å². The van der Waals surface area contributed by atoms with E-state index < -0.39 is 0 Å². The zero-order chi connectivity index (χ0) is 24.1. The van der Waals surface area contributed by atoms with Crippen LogP contribution < -0.4 is 0 Å². The van der Waals surface area contributed by atoms with Gasteiger partial charge in [0.15, 0.2) is 6.29 Å². The lowest BCUT2D eigenvalue weighted by atomic mass is 10.1. The van der Waals surface area contributed by atoms with Crippen LogP contribution in [0.3, 0.4) is 0 Å². The van der Waals surface area contributed by atoms with Crippen molar-refractivity contribution >= 4 is 22.6 Å². The third kappa shape index (κ3) is 28.5. The van der Waals surface area contributed by atoms with Gasteiger partial charge in [-0.15, -0.1) is 0 Å². The molecule has 2 nitrogen and oxygen atoms in total. The van der Waals surface area contributed by atoms with E-state index in [0.717, 1.165) is 19.6 Å². The Hall–Kier alpha value is 0.390. The van der Waals surface area contributed by atoms with Crippen LogP contribution in [-0.4, -0.2) is 23.9 Å². The van der Waals surface area contributed by atoms with Gasteiger partial charge in [0.05, 0.1) is 0 Å². The van der Waals surface area contributed by atoms with Gasteiger partial charge in [-0.25, -0.2) is 0 Å². The Labute approximate surface area is 222 Å². The number of hydrogen-bond donors (Lipinski definition) is 0. The van der Waals surface area contributed by atoms with Crippen molar-refractivity contribution in [1.29, 1.82) is 0 Å². The number of allylic oxidation sites excluding steroid dienone is 2. The highest BCUT2D eigenvalue weighted by atomic mass is 127. The molecule has 3 heteroatoms. The Morgan fingerprint density at radius 3 is 1.45 bits per heavy atom. The Bertz CT molecular complexity index is 352. The molecule has 0 fully saturated rings. The zero-order valence-corrected chi connectivity index (χ0v) is 24.8. The SMILES string of the molecule is CCCCCCCCCOC(CCCCCCC/C=C\CCI)OCCCCCCCCC. The summed E-state index contributed by atoms with van der Waals surface area (Å²) in [6.07, 6.45) is 33.6. The predicted octanol–water partition coefficient (Wildman–Crippen LogP) is 11.0. The molecule has 0 unspecified atom stereocenters. The summed E-state index contributed by atoms with van der Waals surface area (Å²) >= 11 is 2.44. The monoisotopic (exact) mass is 578 g/mol. The maximum Gasteiger partial charge on any atom is 0.157 e. The third-order valence-electron chi connectivity index (χ3n) is 6.36. The molecule has 0 aliphatic carbocycles. The van der Waals surface area contributed by atoms with E-state index in [-0.39, 0.29) is 6.29 Å². The second-order valence-corrected chi connectivity index (χ2v) is 10.8. The van der Waals surface area contributed by atoms with Crippen LogP contribution >= 0.6 is 22.6 Å². The molecule has 0 aliphatic rings. The Balaban J connectivity index is 3.87. The van der Waals surface area contributed by atoms with Crippen molar-refractivity contribution in [3.63, 3.8) is 0 Å². The van der Waals surface area contributed by atoms with Crippen molar-refractivity contribution < 1.29 is 9.47 Å². The number of rotatable bonds is 28. The van der Waals surface area contributed by atoms with E-state index in [1.54, 1.807) is 0 Å². The summed E-state index contributed by atoms with van der Waals surface area (Å²) in [5.41, 5.74) is 0. The number of halogens is 1. The van der Waals surface area contributed by atoms with E-state index in [2.05, 4.69) is 48.6 Å². The molecule has 0 N–H and O–H groups in total. The Morgan fingerprint density at radius 1 is 0.515 bits per heavy atom. The average molecular weight is 579 g/mol. The summed E-state index contributed by atoms with van der Waals surface area (Å²) in [6.45, 7) is 6.32. The molecule has 33 heavy (non-hydrogen) atoms. The first-order chi connectivity index (χ1) is 16.3. The largest absolute Gasteiger partial charge is 0.353 e. The molecular weight excluding hydrogens is 519 g/mol. The van der Waals surface area contributed by atoms with E-state index in [9.17, 15) is 0 Å². The first-order valence-corrected chi connectivity index (χ1v) is 16.3. The molecule has 0 aromatic carbocycles. The molecule has 0 amide bonds. The molecule has 0 bridgehead atoms. The molecule has 0 atom stereocenters. The fraction of sp³-hybridized carbons (Fsp3) is 0.933. The standard InChI is InChI=1S/C30H59IO2/c1-3-5-7-9-16-20-24-28-32-30(33-29-25-21-17-10-8-6-4-2)26-22-18-14-12-11-13-15-19-23-27-31/h15,19,30H,3-14,16-18,20-29H2,1-2H3/b19-15-. The lowest BCUT2D eigenvalue weighted by Crippen LogP contribution is -2.19. The van der Waals surface area contributed by atoms with Crippen LogP contribution in [0, 0.1) is 0 Å². The molecule has 0 radical (unpaired) electrons. The first kappa shape index (κ1) is 33.4. The summed E-state index contributed by atoms with van der Waals surface area (Å²) in [6, 6.07) is 0. The van der Waals surface area contributed by atoms with Crippen LogP contribution in [0.5, 0.6) is 0 Å². The average Bonchev–Trinajstić information content (AvgIpc) is 2.83. The highest BCUT2D eigenvalue weighted by molar-refractivity contribution is 14.1. The fourth-order valence-corrected chi connectivity index (χ4v) is 4.52. The van der Waals surface area contributed by atoms with Gasteiger partial charge < -0.3 is 9.47 Å². The van der Waals surface area contributed by atoms with Gasteiger partial charge in [0, 0.05) is 17.6 Å². The number of hydrogen-bond acceptors (Lipinski definition) is 2. The van der Waals surface area contributed by atoms with Gasteiger partial charge >= 0.3 is 0 Å². The molecule has 0 saturated heterocycles. The van der Waals surface area contributed by atoms with Crippen LogP contribution in [0.1, 0.15) is 155 Å². The van der Waals surface area contributed by atoms with Crippen LogP contribution in [0.4, 0.5) is 0 Å². The van der Waals surface area contributed by atoms with Crippen molar-refractivity contribution in [3.8, 4) is 0 Å². The zero-order valence-electron chi connectivity index (χ0n) is 22.6. The molecule has 0 saturated carbocycles. The summed E-state index contributed by atoms with van der Waals surface area (Å²) in [4.78, 5) is 0. The number of unbranched alkanes of at least 4 members (excludes halogenated alkanes) is 17. The van der Waals surface area contributed by atoms with Crippen LogP contribution in [0.25, 0.3) is 0 Å². The third-order valence-corrected chi connectivity index (χ3v) is 6.98. The number of alkyl halides is 1.